The number of Topliss-reactive ketones (excluding diaryl/α,β-unsaturated/α-hetero) is 4. The summed E-state index contributed by atoms with van der Waals surface area (Å²) < 4.78 is 16.7. The Balaban J connectivity index is 1.59. The Hall–Kier alpha value is -3.52. The van der Waals surface area contributed by atoms with E-state index >= 15 is 0 Å². The van der Waals surface area contributed by atoms with Gasteiger partial charge in [0, 0.05) is 37.0 Å². The fourth-order valence-corrected chi connectivity index (χ4v) is 8.08. The smallest absolute Gasteiger partial charge is 0.287 e. The Morgan fingerprint density at radius 3 is 2.19 bits per heavy atom. The predicted octanol–water partition coefficient (Wildman–Crippen LogP) is 1.87. The highest BCUT2D eigenvalue weighted by molar-refractivity contribution is 6.29. The summed E-state index contributed by atoms with van der Waals surface area (Å²) in [5.41, 5.74) is -1.61. The van der Waals surface area contributed by atoms with Gasteiger partial charge in [-0.15, -0.1) is 0 Å². The van der Waals surface area contributed by atoms with Crippen molar-refractivity contribution < 1.29 is 58.9 Å². The van der Waals surface area contributed by atoms with Crippen LogP contribution in [0.2, 0.25) is 0 Å². The number of hydrogen-bond donors (Lipinski definition) is 5. The number of phenolic OH excluding ortho intramolecular Hbond substituents is 1. The average Bonchev–Trinajstić information content (AvgIpc) is 3.02. The predicted molar refractivity (Wildman–Crippen MR) is 164 cm³/mol. The maximum atomic E-state index is 14.1. The van der Waals surface area contributed by atoms with Crippen LogP contribution in [0.3, 0.4) is 0 Å². The van der Waals surface area contributed by atoms with Crippen molar-refractivity contribution in [3.8, 4) is 11.5 Å². The Morgan fingerprint density at radius 1 is 1.02 bits per heavy atom. The van der Waals surface area contributed by atoms with Crippen LogP contribution in [0.15, 0.2) is 36.4 Å². The van der Waals surface area contributed by atoms with Gasteiger partial charge in [-0.25, -0.2) is 0 Å². The molecule has 2 aromatic carbocycles. The molecule has 2 fully saturated rings. The first kappa shape index (κ1) is 34.8. The van der Waals surface area contributed by atoms with E-state index in [1.54, 1.807) is 57.2 Å². The molecule has 3 aliphatic carbocycles. The molecule has 9 unspecified atom stereocenters. The molecule has 0 spiro atoms. The summed E-state index contributed by atoms with van der Waals surface area (Å²) >= 11 is 0. The lowest BCUT2D eigenvalue weighted by Gasteiger charge is -2.54. The van der Waals surface area contributed by atoms with Crippen LogP contribution < -0.4 is 4.74 Å². The summed E-state index contributed by atoms with van der Waals surface area (Å²) in [5, 5.41) is 58.2. The molecule has 5 N–H and O–H groups in total. The highest BCUT2D eigenvalue weighted by Gasteiger charge is 2.69. The zero-order valence-corrected chi connectivity index (χ0v) is 27.0. The highest BCUT2D eigenvalue weighted by Crippen LogP contribution is 2.58. The molecule has 2 aromatic rings. The van der Waals surface area contributed by atoms with E-state index in [1.807, 2.05) is 0 Å². The highest BCUT2D eigenvalue weighted by atomic mass is 16.8. The van der Waals surface area contributed by atoms with E-state index in [9.17, 15) is 44.7 Å². The number of ketones is 4. The number of fused-ring (bicyclic) bond motifs is 3. The molecule has 254 valence electrons. The summed E-state index contributed by atoms with van der Waals surface area (Å²) in [7, 11) is 1.52. The van der Waals surface area contributed by atoms with Gasteiger partial charge in [0.05, 0.1) is 31.2 Å². The molecule has 47 heavy (non-hydrogen) atoms. The van der Waals surface area contributed by atoms with Crippen LogP contribution in [0, 0.1) is 23.7 Å². The quantitative estimate of drug-likeness (QED) is 0.185. The fourth-order valence-electron chi connectivity index (χ4n) is 8.08. The van der Waals surface area contributed by atoms with Gasteiger partial charge < -0.3 is 39.7 Å². The minimum absolute atomic E-state index is 0.0221. The van der Waals surface area contributed by atoms with Gasteiger partial charge in [-0.2, -0.15) is 0 Å². The molecule has 0 aromatic heterocycles. The van der Waals surface area contributed by atoms with E-state index in [0.717, 1.165) is 6.92 Å². The van der Waals surface area contributed by atoms with Gasteiger partial charge >= 0.3 is 0 Å². The molecule has 0 heterocycles. The van der Waals surface area contributed by atoms with Crippen molar-refractivity contribution in [3.63, 3.8) is 0 Å². The summed E-state index contributed by atoms with van der Waals surface area (Å²) in [5.74, 6) is -13.4. The van der Waals surface area contributed by atoms with Crippen molar-refractivity contribution in [2.24, 2.45) is 23.7 Å². The lowest BCUT2D eigenvalue weighted by molar-refractivity contribution is -0.369. The normalized spacial score (nSPS) is 31.1. The SMILES string of the molecule is CCOC(O)(OCC)C(Cc1ccc2c(c1O)C(O)C1C(=O)C3(O)C(=O)C(C(C)=O)C(=O)CC3C(O)C1C2C)c1ccc(OC)cc1. The van der Waals surface area contributed by atoms with Gasteiger partial charge in [0.25, 0.3) is 5.97 Å². The van der Waals surface area contributed by atoms with Crippen molar-refractivity contribution in [3.05, 3.63) is 58.7 Å². The van der Waals surface area contributed by atoms with Crippen molar-refractivity contribution in [1.82, 2.24) is 0 Å². The topological polar surface area (TPSA) is 197 Å². The molecule has 0 radical (unpaired) electrons. The Kier molecular flexibility index (Phi) is 9.50. The number of rotatable bonds is 10. The van der Waals surface area contributed by atoms with Crippen molar-refractivity contribution in [1.29, 1.82) is 0 Å². The molecular weight excluding hydrogens is 612 g/mol. The van der Waals surface area contributed by atoms with E-state index in [4.69, 9.17) is 14.2 Å². The molecule has 0 amide bonds. The number of aliphatic hydroxyl groups is 4. The Bertz CT molecular complexity index is 1560. The minimum atomic E-state index is -2.87. The number of carbonyl (C=O) groups is 4. The number of carbonyl (C=O) groups excluding carboxylic acids is 4. The van der Waals surface area contributed by atoms with Crippen molar-refractivity contribution in [2.45, 2.75) is 76.2 Å². The summed E-state index contributed by atoms with van der Waals surface area (Å²) in [6, 6.07) is 10.1. The molecule has 3 aliphatic rings. The monoisotopic (exact) mass is 654 g/mol. The number of aliphatic hydroxyl groups excluding tert-OH is 2. The van der Waals surface area contributed by atoms with Crippen LogP contribution in [-0.2, 0) is 35.1 Å². The van der Waals surface area contributed by atoms with E-state index in [-0.39, 0.29) is 36.5 Å². The van der Waals surface area contributed by atoms with Gasteiger partial charge in [-0.1, -0.05) is 31.2 Å². The van der Waals surface area contributed by atoms with Gasteiger partial charge in [0.2, 0.25) is 0 Å². The third-order valence-electron chi connectivity index (χ3n) is 10.3. The third kappa shape index (κ3) is 5.41. The van der Waals surface area contributed by atoms with Gasteiger partial charge in [0.1, 0.15) is 23.2 Å². The molecule has 2 saturated carbocycles. The average molecular weight is 655 g/mol. The lowest BCUT2D eigenvalue weighted by atomic mass is 9.50. The maximum absolute atomic E-state index is 14.1. The standard InChI is InChI=1S/C35H42O12/c1-6-46-35(44,47-7-2)22(18-8-11-20(45-5)12-9-18)14-19-10-13-21-16(3)25-28(31(40)27(21)29(19)38)33(42)34(43)23(30(25)39)15-24(37)26(17(4)36)32(34)41/h8-13,16,22-23,25-26,28,30-31,38-40,43-44H,6-7,14-15H2,1-5H3. The van der Waals surface area contributed by atoms with Crippen LogP contribution in [0.5, 0.6) is 11.5 Å². The largest absolute Gasteiger partial charge is 0.507 e. The van der Waals surface area contributed by atoms with E-state index in [2.05, 4.69) is 0 Å². The fraction of sp³-hybridized carbons (Fsp3) is 0.543. The van der Waals surface area contributed by atoms with Crippen LogP contribution in [0.4, 0.5) is 0 Å². The Morgan fingerprint density at radius 2 is 1.64 bits per heavy atom. The second-order valence-electron chi connectivity index (χ2n) is 12.7. The minimum Gasteiger partial charge on any atom is -0.507 e. The van der Waals surface area contributed by atoms with E-state index in [1.165, 1.54) is 7.11 Å². The molecule has 0 saturated heterocycles. The summed E-state index contributed by atoms with van der Waals surface area (Å²) in [6.45, 7) is 6.29. The van der Waals surface area contributed by atoms with E-state index < -0.39 is 88.8 Å². The molecule has 9 atom stereocenters. The van der Waals surface area contributed by atoms with Gasteiger partial charge in [-0.3, -0.25) is 19.2 Å². The maximum Gasteiger partial charge on any atom is 0.287 e. The van der Waals surface area contributed by atoms with Crippen molar-refractivity contribution in [2.75, 3.05) is 20.3 Å². The molecule has 12 nitrogen and oxygen atoms in total. The molecular formula is C35H42O12. The number of methoxy groups -OCH3 is 1. The van der Waals surface area contributed by atoms with Crippen LogP contribution >= 0.6 is 0 Å². The molecule has 0 bridgehead atoms. The number of phenols is 1. The number of aromatic hydroxyl groups is 1. The van der Waals surface area contributed by atoms with Crippen LogP contribution in [0.1, 0.15) is 74.3 Å². The van der Waals surface area contributed by atoms with E-state index in [0.29, 0.717) is 16.9 Å². The van der Waals surface area contributed by atoms with Crippen LogP contribution in [0.25, 0.3) is 0 Å². The number of hydrogen-bond acceptors (Lipinski definition) is 12. The molecule has 5 rings (SSSR count). The number of benzene rings is 2. The Labute approximate surface area is 272 Å². The second-order valence-corrected chi connectivity index (χ2v) is 12.7. The molecule has 0 aliphatic heterocycles. The first-order chi connectivity index (χ1) is 22.2. The zero-order chi connectivity index (χ0) is 34.6. The molecule has 12 heteroatoms. The second kappa shape index (κ2) is 12.8. The first-order valence-corrected chi connectivity index (χ1v) is 15.9. The third-order valence-corrected chi connectivity index (χ3v) is 10.3. The lowest BCUT2D eigenvalue weighted by Crippen LogP contribution is -2.71. The number of ether oxygens (including phenoxy) is 3. The van der Waals surface area contributed by atoms with Crippen molar-refractivity contribution >= 4 is 23.1 Å². The summed E-state index contributed by atoms with van der Waals surface area (Å²) in [6.07, 6.45) is -3.94. The van der Waals surface area contributed by atoms with Gasteiger partial charge in [0.15, 0.2) is 23.0 Å². The summed E-state index contributed by atoms with van der Waals surface area (Å²) in [4.78, 5) is 52.4. The van der Waals surface area contributed by atoms with Crippen LogP contribution in [-0.4, -0.2) is 86.7 Å². The zero-order valence-electron chi connectivity index (χ0n) is 27.0. The van der Waals surface area contributed by atoms with Gasteiger partial charge in [-0.05, 0) is 61.9 Å². The first-order valence-electron chi connectivity index (χ1n) is 15.9.